The highest BCUT2D eigenvalue weighted by Crippen LogP contribution is 2.22. The lowest BCUT2D eigenvalue weighted by atomic mass is 10.1. The third kappa shape index (κ3) is 3.20. The summed E-state index contributed by atoms with van der Waals surface area (Å²) in [6, 6.07) is 13.9. The first-order valence-electron chi connectivity index (χ1n) is 5.58. The molecule has 4 heteroatoms. The van der Waals surface area contributed by atoms with Gasteiger partial charge in [0.05, 0.1) is 18.3 Å². The summed E-state index contributed by atoms with van der Waals surface area (Å²) >= 11 is 2.21. The van der Waals surface area contributed by atoms with E-state index in [1.807, 2.05) is 24.3 Å². The highest BCUT2D eigenvalue weighted by Gasteiger charge is 2.12. The second-order valence-electron chi connectivity index (χ2n) is 3.91. The fourth-order valence-corrected chi connectivity index (χ4v) is 2.29. The molecule has 0 bridgehead atoms. The molecule has 1 atom stereocenters. The molecule has 0 aliphatic heterocycles. The van der Waals surface area contributed by atoms with Gasteiger partial charge >= 0.3 is 0 Å². The molecule has 0 radical (unpaired) electrons. The Morgan fingerprint density at radius 3 is 2.61 bits per heavy atom. The van der Waals surface area contributed by atoms with E-state index in [1.54, 1.807) is 18.2 Å². The van der Waals surface area contributed by atoms with Gasteiger partial charge in [0.1, 0.15) is 5.82 Å². The van der Waals surface area contributed by atoms with Crippen LogP contribution in [-0.2, 0) is 0 Å². The number of benzene rings is 2. The molecule has 0 aromatic heterocycles. The molecule has 1 unspecified atom stereocenters. The van der Waals surface area contributed by atoms with Crippen LogP contribution in [0, 0.1) is 9.39 Å². The lowest BCUT2D eigenvalue weighted by Crippen LogP contribution is -2.15. The molecule has 2 aromatic carbocycles. The summed E-state index contributed by atoms with van der Waals surface area (Å²) in [5.74, 6) is -0.318. The van der Waals surface area contributed by atoms with Gasteiger partial charge in [-0.2, -0.15) is 0 Å². The van der Waals surface area contributed by atoms with Gasteiger partial charge in [0, 0.05) is 3.57 Å². The molecular weight excluding hydrogens is 344 g/mol. The van der Waals surface area contributed by atoms with Crippen molar-refractivity contribution in [3.05, 3.63) is 63.5 Å². The van der Waals surface area contributed by atoms with E-state index in [1.165, 1.54) is 6.07 Å². The monoisotopic (exact) mass is 357 g/mol. The first kappa shape index (κ1) is 13.3. The fourth-order valence-electron chi connectivity index (χ4n) is 1.72. The van der Waals surface area contributed by atoms with Crippen molar-refractivity contribution in [2.45, 2.75) is 6.04 Å². The Bertz CT molecular complexity index is 533. The van der Waals surface area contributed by atoms with Gasteiger partial charge in [0.15, 0.2) is 0 Å². The molecule has 2 N–H and O–H groups in total. The summed E-state index contributed by atoms with van der Waals surface area (Å²) in [6.07, 6.45) is 0. The maximum absolute atomic E-state index is 13.5. The molecule has 2 rings (SSSR count). The van der Waals surface area contributed by atoms with E-state index < -0.39 is 0 Å². The molecule has 0 aliphatic carbocycles. The Balaban J connectivity index is 2.23. The topological polar surface area (TPSA) is 32.3 Å². The Kier molecular flexibility index (Phi) is 4.54. The standard InChI is InChI=1S/C14H13FINO/c15-12-6-1-2-7-13(12)17-14(9-18)10-4-3-5-11(16)8-10/h1-8,14,17-18H,9H2. The number of hydrogen-bond acceptors (Lipinski definition) is 2. The predicted octanol–water partition coefficient (Wildman–Crippen LogP) is 3.58. The molecule has 94 valence electrons. The number of aliphatic hydroxyl groups is 1. The molecule has 0 saturated heterocycles. The van der Waals surface area contributed by atoms with Gasteiger partial charge in [0.25, 0.3) is 0 Å². The molecular formula is C14H13FINO. The highest BCUT2D eigenvalue weighted by atomic mass is 127. The van der Waals surface area contributed by atoms with Gasteiger partial charge in [-0.05, 0) is 52.4 Å². The lowest BCUT2D eigenvalue weighted by molar-refractivity contribution is 0.276. The number of nitrogens with one attached hydrogen (secondary N) is 1. The molecule has 0 fully saturated rings. The largest absolute Gasteiger partial charge is 0.394 e. The first-order valence-corrected chi connectivity index (χ1v) is 6.66. The van der Waals surface area contributed by atoms with Crippen molar-refractivity contribution in [1.82, 2.24) is 0 Å². The summed E-state index contributed by atoms with van der Waals surface area (Å²) in [4.78, 5) is 0. The maximum atomic E-state index is 13.5. The van der Waals surface area contributed by atoms with Crippen molar-refractivity contribution in [1.29, 1.82) is 0 Å². The zero-order valence-corrected chi connectivity index (χ0v) is 11.8. The number of anilines is 1. The van der Waals surface area contributed by atoms with Crippen LogP contribution in [0.4, 0.5) is 10.1 Å². The molecule has 0 amide bonds. The number of halogens is 2. The summed E-state index contributed by atoms with van der Waals surface area (Å²) in [7, 11) is 0. The van der Waals surface area contributed by atoms with Gasteiger partial charge in [-0.1, -0.05) is 24.3 Å². The van der Waals surface area contributed by atoms with Gasteiger partial charge in [-0.25, -0.2) is 4.39 Å². The molecule has 0 heterocycles. The Hall–Kier alpha value is -1.14. The van der Waals surface area contributed by atoms with Crippen LogP contribution in [0.2, 0.25) is 0 Å². The second kappa shape index (κ2) is 6.15. The van der Waals surface area contributed by atoms with E-state index in [4.69, 9.17) is 0 Å². The Morgan fingerprint density at radius 1 is 1.17 bits per heavy atom. The molecule has 2 aromatic rings. The highest BCUT2D eigenvalue weighted by molar-refractivity contribution is 14.1. The zero-order valence-electron chi connectivity index (χ0n) is 9.61. The average molecular weight is 357 g/mol. The van der Waals surface area contributed by atoms with Gasteiger partial charge < -0.3 is 10.4 Å². The van der Waals surface area contributed by atoms with E-state index in [0.29, 0.717) is 5.69 Å². The molecule has 0 saturated carbocycles. The van der Waals surface area contributed by atoms with Crippen molar-refractivity contribution in [3.63, 3.8) is 0 Å². The first-order chi connectivity index (χ1) is 8.70. The van der Waals surface area contributed by atoms with Crippen molar-refractivity contribution in [3.8, 4) is 0 Å². The minimum absolute atomic E-state index is 0.0889. The van der Waals surface area contributed by atoms with Crippen LogP contribution in [0.5, 0.6) is 0 Å². The summed E-state index contributed by atoms with van der Waals surface area (Å²) in [6.45, 7) is -0.0889. The number of rotatable bonds is 4. The third-order valence-corrected chi connectivity index (χ3v) is 3.31. The van der Waals surface area contributed by atoms with Crippen LogP contribution in [0.3, 0.4) is 0 Å². The SMILES string of the molecule is OCC(Nc1ccccc1F)c1cccc(I)c1. The fraction of sp³-hybridized carbons (Fsp3) is 0.143. The van der Waals surface area contributed by atoms with Crippen LogP contribution in [0.15, 0.2) is 48.5 Å². The van der Waals surface area contributed by atoms with Crippen LogP contribution in [-0.4, -0.2) is 11.7 Å². The van der Waals surface area contributed by atoms with Crippen LogP contribution in [0.25, 0.3) is 0 Å². The number of hydrogen-bond donors (Lipinski definition) is 2. The molecule has 0 aliphatic rings. The quantitative estimate of drug-likeness (QED) is 0.820. The summed E-state index contributed by atoms with van der Waals surface area (Å²) in [5.41, 5.74) is 1.34. The van der Waals surface area contributed by atoms with Crippen LogP contribution in [0.1, 0.15) is 11.6 Å². The van der Waals surface area contributed by atoms with Crippen LogP contribution >= 0.6 is 22.6 Å². The zero-order chi connectivity index (χ0) is 13.0. The summed E-state index contributed by atoms with van der Waals surface area (Å²) in [5, 5.41) is 12.4. The number of aliphatic hydroxyl groups excluding tert-OH is 1. The minimum Gasteiger partial charge on any atom is -0.394 e. The van der Waals surface area contributed by atoms with E-state index in [2.05, 4.69) is 27.9 Å². The van der Waals surface area contributed by atoms with Gasteiger partial charge in [-0.3, -0.25) is 0 Å². The van der Waals surface area contributed by atoms with Crippen molar-refractivity contribution >= 4 is 28.3 Å². The summed E-state index contributed by atoms with van der Waals surface area (Å²) < 4.78 is 14.6. The second-order valence-corrected chi connectivity index (χ2v) is 5.16. The Morgan fingerprint density at radius 2 is 1.94 bits per heavy atom. The normalized spacial score (nSPS) is 12.2. The molecule has 2 nitrogen and oxygen atoms in total. The van der Waals surface area contributed by atoms with Gasteiger partial charge in [0.2, 0.25) is 0 Å². The van der Waals surface area contributed by atoms with Crippen molar-refractivity contribution in [2.24, 2.45) is 0 Å². The smallest absolute Gasteiger partial charge is 0.146 e. The van der Waals surface area contributed by atoms with Crippen LogP contribution < -0.4 is 5.32 Å². The molecule has 18 heavy (non-hydrogen) atoms. The third-order valence-electron chi connectivity index (χ3n) is 2.64. The predicted molar refractivity (Wildman–Crippen MR) is 79.0 cm³/mol. The van der Waals surface area contributed by atoms with Gasteiger partial charge in [-0.15, -0.1) is 0 Å². The lowest BCUT2D eigenvalue weighted by Gasteiger charge is -2.18. The maximum Gasteiger partial charge on any atom is 0.146 e. The van der Waals surface area contributed by atoms with E-state index in [-0.39, 0.29) is 18.5 Å². The van der Waals surface area contributed by atoms with E-state index >= 15 is 0 Å². The molecule has 0 spiro atoms. The van der Waals surface area contributed by atoms with E-state index in [0.717, 1.165) is 9.13 Å². The van der Waals surface area contributed by atoms with Crippen molar-refractivity contribution < 1.29 is 9.50 Å². The Labute approximate surface area is 119 Å². The van der Waals surface area contributed by atoms with E-state index in [9.17, 15) is 9.50 Å². The van der Waals surface area contributed by atoms with Crippen molar-refractivity contribution in [2.75, 3.05) is 11.9 Å². The minimum atomic E-state index is -0.318. The number of para-hydroxylation sites is 1. The average Bonchev–Trinajstić information content (AvgIpc) is 2.38.